The molecule has 1 aromatic carbocycles. The van der Waals surface area contributed by atoms with E-state index >= 15 is 0 Å². The molecule has 2 N–H and O–H groups in total. The minimum absolute atomic E-state index is 0.0970. The van der Waals surface area contributed by atoms with Crippen LogP contribution in [0.5, 0.6) is 5.75 Å². The topological polar surface area (TPSA) is 32.3 Å². The molecule has 0 amide bonds. The molecule has 2 unspecified atom stereocenters. The zero-order valence-corrected chi connectivity index (χ0v) is 10.7. The van der Waals surface area contributed by atoms with E-state index in [0.717, 1.165) is 5.56 Å². The number of aromatic hydroxyl groups is 1. The summed E-state index contributed by atoms with van der Waals surface area (Å²) in [6, 6.07) is 4.05. The molecule has 0 spiro atoms. The number of rotatable bonds is 4. The van der Waals surface area contributed by atoms with Gasteiger partial charge in [0.25, 0.3) is 0 Å². The van der Waals surface area contributed by atoms with Crippen molar-refractivity contribution in [1.82, 2.24) is 5.32 Å². The van der Waals surface area contributed by atoms with Gasteiger partial charge in [-0.3, -0.25) is 0 Å². The average molecular weight is 261 g/mol. The van der Waals surface area contributed by atoms with Crippen LogP contribution in [-0.4, -0.2) is 17.3 Å². The summed E-state index contributed by atoms with van der Waals surface area (Å²) in [7, 11) is 0. The van der Waals surface area contributed by atoms with Gasteiger partial charge in [-0.15, -0.1) is 0 Å². The Hall–Kier alpha value is -1.23. The molecule has 2 nitrogen and oxygen atoms in total. The number of halogens is 3. The van der Waals surface area contributed by atoms with Gasteiger partial charge in [0.1, 0.15) is 5.75 Å². The number of aryl methyl sites for hydroxylation is 1. The first-order valence-electron chi connectivity index (χ1n) is 5.81. The molecule has 0 saturated carbocycles. The Morgan fingerprint density at radius 2 is 1.89 bits per heavy atom. The predicted octanol–water partition coefficient (Wildman–Crippen LogP) is 3.69. The van der Waals surface area contributed by atoms with Gasteiger partial charge >= 0.3 is 6.18 Å². The minimum Gasteiger partial charge on any atom is -0.508 e. The largest absolute Gasteiger partial charge is 0.508 e. The third kappa shape index (κ3) is 4.56. The molecule has 0 aliphatic heterocycles. The van der Waals surface area contributed by atoms with Gasteiger partial charge in [0, 0.05) is 17.6 Å². The van der Waals surface area contributed by atoms with Crippen molar-refractivity contribution in [3.8, 4) is 5.75 Å². The van der Waals surface area contributed by atoms with E-state index in [1.807, 2.05) is 6.92 Å². The van der Waals surface area contributed by atoms with Crippen molar-refractivity contribution in [1.29, 1.82) is 0 Å². The summed E-state index contributed by atoms with van der Waals surface area (Å²) in [6.45, 7) is 5.09. The first-order valence-corrected chi connectivity index (χ1v) is 5.81. The normalized spacial score (nSPS) is 15.4. The predicted molar refractivity (Wildman–Crippen MR) is 64.5 cm³/mol. The molecule has 0 aromatic heterocycles. The van der Waals surface area contributed by atoms with Crippen molar-refractivity contribution >= 4 is 0 Å². The van der Waals surface area contributed by atoms with Crippen LogP contribution in [0.3, 0.4) is 0 Å². The molecular formula is C13H18F3NO. The third-order valence-corrected chi connectivity index (χ3v) is 2.72. The Kier molecular flexibility index (Phi) is 4.62. The lowest BCUT2D eigenvalue weighted by Gasteiger charge is -2.22. The zero-order valence-electron chi connectivity index (χ0n) is 10.7. The van der Waals surface area contributed by atoms with Crippen LogP contribution < -0.4 is 5.32 Å². The summed E-state index contributed by atoms with van der Waals surface area (Å²) in [4.78, 5) is 0. The fourth-order valence-corrected chi connectivity index (χ4v) is 1.94. The lowest BCUT2D eigenvalue weighted by molar-refractivity contribution is -0.139. The van der Waals surface area contributed by atoms with Gasteiger partial charge in [0.15, 0.2) is 0 Å². The van der Waals surface area contributed by atoms with Gasteiger partial charge in [0.05, 0.1) is 6.42 Å². The number of phenolic OH excluding ortho intramolecular Hbond substituents is 1. The van der Waals surface area contributed by atoms with Crippen LogP contribution in [0.15, 0.2) is 18.2 Å². The Labute approximate surface area is 105 Å². The van der Waals surface area contributed by atoms with Gasteiger partial charge in [-0.05, 0) is 26.8 Å². The number of alkyl halides is 3. The first kappa shape index (κ1) is 14.8. The molecule has 0 aliphatic rings. The number of hydrogen-bond acceptors (Lipinski definition) is 2. The molecular weight excluding hydrogens is 243 g/mol. The van der Waals surface area contributed by atoms with E-state index < -0.39 is 18.6 Å². The van der Waals surface area contributed by atoms with Gasteiger partial charge in [0.2, 0.25) is 0 Å². The highest BCUT2D eigenvalue weighted by Gasteiger charge is 2.30. The van der Waals surface area contributed by atoms with Crippen LogP contribution in [0.2, 0.25) is 0 Å². The van der Waals surface area contributed by atoms with Crippen molar-refractivity contribution in [3.63, 3.8) is 0 Å². The average Bonchev–Trinajstić information content (AvgIpc) is 2.18. The van der Waals surface area contributed by atoms with Crippen molar-refractivity contribution in [2.24, 2.45) is 0 Å². The summed E-state index contributed by atoms with van der Waals surface area (Å²) >= 11 is 0. The van der Waals surface area contributed by atoms with Gasteiger partial charge in [-0.1, -0.05) is 17.7 Å². The fourth-order valence-electron chi connectivity index (χ4n) is 1.94. The molecule has 0 fully saturated rings. The summed E-state index contributed by atoms with van der Waals surface area (Å²) in [5.74, 6) is 0.0970. The maximum absolute atomic E-state index is 12.2. The molecule has 102 valence electrons. The number of nitrogens with one attached hydrogen (secondary N) is 1. The second kappa shape index (κ2) is 5.61. The molecule has 0 radical (unpaired) electrons. The Bertz CT molecular complexity index is 404. The number of benzene rings is 1. The summed E-state index contributed by atoms with van der Waals surface area (Å²) in [6.07, 6.45) is -5.06. The Morgan fingerprint density at radius 3 is 2.44 bits per heavy atom. The highest BCUT2D eigenvalue weighted by Crippen LogP contribution is 2.27. The number of phenols is 1. The van der Waals surface area contributed by atoms with Gasteiger partial charge in [-0.25, -0.2) is 0 Å². The summed E-state index contributed by atoms with van der Waals surface area (Å²) < 4.78 is 36.6. The maximum Gasteiger partial charge on any atom is 0.390 e. The van der Waals surface area contributed by atoms with E-state index in [0.29, 0.717) is 5.56 Å². The van der Waals surface area contributed by atoms with Crippen molar-refractivity contribution in [2.45, 2.75) is 45.5 Å². The standard InChI is InChI=1S/C13H18F3NO/c1-8-4-5-12(18)11(6-8)10(3)17-9(2)7-13(14,15)16/h4-6,9-10,17-18H,7H2,1-3H3. The molecule has 0 aliphatic carbocycles. The van der Waals surface area contributed by atoms with Crippen LogP contribution >= 0.6 is 0 Å². The molecule has 5 heteroatoms. The fraction of sp³-hybridized carbons (Fsp3) is 0.538. The van der Waals surface area contributed by atoms with E-state index in [4.69, 9.17) is 0 Å². The van der Waals surface area contributed by atoms with Crippen molar-refractivity contribution in [2.75, 3.05) is 0 Å². The van der Waals surface area contributed by atoms with Crippen molar-refractivity contribution in [3.05, 3.63) is 29.3 Å². The second-order valence-corrected chi connectivity index (χ2v) is 4.67. The van der Waals surface area contributed by atoms with Crippen LogP contribution in [0.4, 0.5) is 13.2 Å². The quantitative estimate of drug-likeness (QED) is 0.866. The first-order chi connectivity index (χ1) is 8.19. The molecule has 0 saturated heterocycles. The van der Waals surface area contributed by atoms with E-state index in [1.54, 1.807) is 25.1 Å². The lowest BCUT2D eigenvalue weighted by Crippen LogP contribution is -2.33. The molecule has 2 atom stereocenters. The minimum atomic E-state index is -4.18. The highest BCUT2D eigenvalue weighted by atomic mass is 19.4. The van der Waals surface area contributed by atoms with E-state index in [-0.39, 0.29) is 11.8 Å². The molecule has 0 bridgehead atoms. The Morgan fingerprint density at radius 1 is 1.28 bits per heavy atom. The second-order valence-electron chi connectivity index (χ2n) is 4.67. The van der Waals surface area contributed by atoms with E-state index in [9.17, 15) is 18.3 Å². The smallest absolute Gasteiger partial charge is 0.390 e. The summed E-state index contributed by atoms with van der Waals surface area (Å²) in [5.41, 5.74) is 1.57. The SMILES string of the molecule is Cc1ccc(O)c(C(C)NC(C)CC(F)(F)F)c1. The Balaban J connectivity index is 2.70. The van der Waals surface area contributed by atoms with Crippen LogP contribution in [0.1, 0.15) is 37.4 Å². The highest BCUT2D eigenvalue weighted by molar-refractivity contribution is 5.37. The lowest BCUT2D eigenvalue weighted by atomic mass is 10.0. The van der Waals surface area contributed by atoms with E-state index in [1.165, 1.54) is 6.92 Å². The van der Waals surface area contributed by atoms with E-state index in [2.05, 4.69) is 5.32 Å². The van der Waals surface area contributed by atoms with Gasteiger partial charge in [-0.2, -0.15) is 13.2 Å². The van der Waals surface area contributed by atoms with Crippen molar-refractivity contribution < 1.29 is 18.3 Å². The summed E-state index contributed by atoms with van der Waals surface area (Å²) in [5, 5.41) is 12.5. The zero-order chi connectivity index (χ0) is 13.9. The molecule has 1 aromatic rings. The van der Waals surface area contributed by atoms with Crippen LogP contribution in [-0.2, 0) is 0 Å². The maximum atomic E-state index is 12.2. The molecule has 0 heterocycles. The number of hydrogen-bond donors (Lipinski definition) is 2. The molecule has 18 heavy (non-hydrogen) atoms. The third-order valence-electron chi connectivity index (χ3n) is 2.72. The van der Waals surface area contributed by atoms with Gasteiger partial charge < -0.3 is 10.4 Å². The van der Waals surface area contributed by atoms with Crippen LogP contribution in [0, 0.1) is 6.92 Å². The molecule has 1 rings (SSSR count). The monoisotopic (exact) mass is 261 g/mol. The van der Waals surface area contributed by atoms with Crippen LogP contribution in [0.25, 0.3) is 0 Å².